The normalized spacial score (nSPS) is 23.2. The molecule has 5 nitrogen and oxygen atoms in total. The number of rotatable bonds is 8. The van der Waals surface area contributed by atoms with E-state index >= 15 is 0 Å². The first kappa shape index (κ1) is 16.4. The largest absolute Gasteiger partial charge is 0.389 e. The van der Waals surface area contributed by atoms with E-state index in [1.54, 1.807) is 11.9 Å². The molecule has 0 bridgehead atoms. The van der Waals surface area contributed by atoms with Crippen molar-refractivity contribution in [3.63, 3.8) is 0 Å². The van der Waals surface area contributed by atoms with Crippen LogP contribution < -0.4 is 5.32 Å². The first-order chi connectivity index (χ1) is 8.90. The van der Waals surface area contributed by atoms with Gasteiger partial charge in [-0.15, -0.1) is 0 Å². The predicted molar refractivity (Wildman–Crippen MR) is 74.9 cm³/mol. The van der Waals surface area contributed by atoms with Crippen LogP contribution in [0.1, 0.15) is 33.6 Å². The van der Waals surface area contributed by atoms with Gasteiger partial charge in [-0.1, -0.05) is 13.8 Å². The molecule has 1 rings (SSSR count). The van der Waals surface area contributed by atoms with Crippen LogP contribution in [0.2, 0.25) is 0 Å². The van der Waals surface area contributed by atoms with Gasteiger partial charge in [0.1, 0.15) is 0 Å². The number of carbonyl (C=O) groups is 1. The summed E-state index contributed by atoms with van der Waals surface area (Å²) in [6.45, 7) is 7.83. The second-order valence-corrected chi connectivity index (χ2v) is 5.94. The zero-order valence-corrected chi connectivity index (χ0v) is 12.6. The molecule has 0 spiro atoms. The van der Waals surface area contributed by atoms with Gasteiger partial charge in [0.25, 0.3) is 0 Å². The Balaban J connectivity index is 2.14. The molecule has 1 fully saturated rings. The van der Waals surface area contributed by atoms with Crippen molar-refractivity contribution in [3.05, 3.63) is 0 Å². The Labute approximate surface area is 116 Å². The van der Waals surface area contributed by atoms with Crippen molar-refractivity contribution in [2.24, 2.45) is 5.92 Å². The van der Waals surface area contributed by atoms with Crippen LogP contribution in [-0.2, 0) is 9.53 Å². The Kier molecular flexibility index (Phi) is 6.75. The van der Waals surface area contributed by atoms with E-state index < -0.39 is 6.10 Å². The lowest BCUT2D eigenvalue weighted by Gasteiger charge is -2.19. The van der Waals surface area contributed by atoms with Gasteiger partial charge < -0.3 is 20.1 Å². The Morgan fingerprint density at radius 3 is 2.68 bits per heavy atom. The summed E-state index contributed by atoms with van der Waals surface area (Å²) >= 11 is 0. The third kappa shape index (κ3) is 5.89. The molecule has 0 aromatic rings. The summed E-state index contributed by atoms with van der Waals surface area (Å²) in [7, 11) is 1.80. The number of aliphatic hydroxyl groups excluding tert-OH is 1. The van der Waals surface area contributed by atoms with Crippen LogP contribution in [0.15, 0.2) is 0 Å². The first-order valence-electron chi connectivity index (χ1n) is 7.18. The lowest BCUT2D eigenvalue weighted by molar-refractivity contribution is -0.128. The van der Waals surface area contributed by atoms with Crippen molar-refractivity contribution < 1.29 is 14.6 Å². The molecule has 1 amide bonds. The quantitative estimate of drug-likeness (QED) is 0.680. The highest BCUT2D eigenvalue weighted by atomic mass is 16.5. The molecule has 1 heterocycles. The summed E-state index contributed by atoms with van der Waals surface area (Å²) in [5, 5.41) is 12.9. The molecule has 0 aliphatic carbocycles. The van der Waals surface area contributed by atoms with Crippen LogP contribution in [0.5, 0.6) is 0 Å². The van der Waals surface area contributed by atoms with Crippen LogP contribution in [0.4, 0.5) is 0 Å². The molecule has 3 unspecified atom stereocenters. The molecule has 0 aromatic carbocycles. The van der Waals surface area contributed by atoms with Crippen LogP contribution >= 0.6 is 0 Å². The van der Waals surface area contributed by atoms with Crippen LogP contribution in [0.3, 0.4) is 0 Å². The van der Waals surface area contributed by atoms with Crippen molar-refractivity contribution in [1.82, 2.24) is 10.2 Å². The minimum absolute atomic E-state index is 0.112. The zero-order chi connectivity index (χ0) is 14.4. The molecule has 2 N–H and O–H groups in total. The number of aliphatic hydroxyl groups is 1. The van der Waals surface area contributed by atoms with E-state index in [2.05, 4.69) is 19.2 Å². The third-order valence-corrected chi connectivity index (χ3v) is 3.40. The summed E-state index contributed by atoms with van der Waals surface area (Å²) in [6.07, 6.45) is 1.40. The van der Waals surface area contributed by atoms with E-state index in [1.165, 1.54) is 0 Å². The molecule has 1 aliphatic heterocycles. The molecular weight excluding hydrogens is 244 g/mol. The number of carbonyl (C=O) groups excluding carboxylic acids is 1. The number of nitrogens with zero attached hydrogens (tertiary/aromatic N) is 1. The molecule has 1 saturated heterocycles. The number of hydrogen-bond donors (Lipinski definition) is 2. The fraction of sp³-hybridized carbons (Fsp3) is 0.929. The second-order valence-electron chi connectivity index (χ2n) is 5.94. The summed E-state index contributed by atoms with van der Waals surface area (Å²) < 4.78 is 5.59. The molecule has 0 saturated carbocycles. The van der Waals surface area contributed by atoms with E-state index in [0.29, 0.717) is 19.1 Å². The number of nitrogens with one attached hydrogen (secondary N) is 1. The molecule has 0 aromatic heterocycles. The number of likely N-dealkylation sites (N-methyl/N-ethyl adjacent to an activating group) is 1. The number of amides is 1. The van der Waals surface area contributed by atoms with Crippen molar-refractivity contribution >= 4 is 5.91 Å². The van der Waals surface area contributed by atoms with Gasteiger partial charge in [0, 0.05) is 20.1 Å². The fourth-order valence-corrected chi connectivity index (χ4v) is 2.36. The maximum Gasteiger partial charge on any atom is 0.239 e. The molecule has 19 heavy (non-hydrogen) atoms. The molecule has 3 atom stereocenters. The second kappa shape index (κ2) is 7.82. The van der Waals surface area contributed by atoms with Crippen molar-refractivity contribution in [2.75, 3.05) is 26.7 Å². The standard InChI is InChI=1S/C14H28N2O3/c1-10(2)7-11(3)19-9-12(17)8-15-13-5-6-16(4)14(13)18/h10-13,15,17H,5-9H2,1-4H3. The van der Waals surface area contributed by atoms with E-state index in [1.807, 2.05) is 6.92 Å². The van der Waals surface area contributed by atoms with E-state index in [-0.39, 0.29) is 18.1 Å². The van der Waals surface area contributed by atoms with Gasteiger partial charge in [-0.25, -0.2) is 0 Å². The minimum atomic E-state index is -0.562. The fourth-order valence-electron chi connectivity index (χ4n) is 2.36. The average molecular weight is 272 g/mol. The Morgan fingerprint density at radius 2 is 2.16 bits per heavy atom. The highest BCUT2D eigenvalue weighted by Crippen LogP contribution is 2.09. The topological polar surface area (TPSA) is 61.8 Å². The van der Waals surface area contributed by atoms with E-state index in [4.69, 9.17) is 4.74 Å². The van der Waals surface area contributed by atoms with Crippen molar-refractivity contribution in [1.29, 1.82) is 0 Å². The van der Waals surface area contributed by atoms with Gasteiger partial charge in [-0.05, 0) is 25.7 Å². The number of hydrogen-bond acceptors (Lipinski definition) is 4. The summed E-state index contributed by atoms with van der Waals surface area (Å²) in [5.41, 5.74) is 0. The first-order valence-corrected chi connectivity index (χ1v) is 7.18. The molecule has 5 heteroatoms. The zero-order valence-electron chi connectivity index (χ0n) is 12.6. The van der Waals surface area contributed by atoms with Crippen molar-refractivity contribution in [3.8, 4) is 0 Å². The minimum Gasteiger partial charge on any atom is -0.389 e. The monoisotopic (exact) mass is 272 g/mol. The number of ether oxygens (including phenoxy) is 1. The Hall–Kier alpha value is -0.650. The maximum absolute atomic E-state index is 11.7. The maximum atomic E-state index is 11.7. The molecular formula is C14H28N2O3. The van der Waals surface area contributed by atoms with Crippen molar-refractivity contribution in [2.45, 2.75) is 51.9 Å². The number of likely N-dealkylation sites (tertiary alicyclic amines) is 1. The van der Waals surface area contributed by atoms with Gasteiger partial charge in [0.05, 0.1) is 24.9 Å². The molecule has 0 radical (unpaired) electrons. The molecule has 1 aliphatic rings. The van der Waals surface area contributed by atoms with Gasteiger partial charge in [0.15, 0.2) is 0 Å². The lowest BCUT2D eigenvalue weighted by Crippen LogP contribution is -2.42. The predicted octanol–water partition coefficient (Wildman–Crippen LogP) is 0.619. The molecule has 112 valence electrons. The smallest absolute Gasteiger partial charge is 0.239 e. The van der Waals surface area contributed by atoms with Crippen LogP contribution in [-0.4, -0.2) is 60.9 Å². The lowest BCUT2D eigenvalue weighted by atomic mass is 10.1. The summed E-state index contributed by atoms with van der Waals surface area (Å²) in [4.78, 5) is 13.4. The van der Waals surface area contributed by atoms with E-state index in [9.17, 15) is 9.90 Å². The van der Waals surface area contributed by atoms with Crippen LogP contribution in [0.25, 0.3) is 0 Å². The SMILES string of the molecule is CC(C)CC(C)OCC(O)CNC1CCN(C)C1=O. The Bertz CT molecular complexity index is 284. The summed E-state index contributed by atoms with van der Waals surface area (Å²) in [6, 6.07) is -0.146. The average Bonchev–Trinajstić information content (AvgIpc) is 2.64. The summed E-state index contributed by atoms with van der Waals surface area (Å²) in [5.74, 6) is 0.707. The highest BCUT2D eigenvalue weighted by molar-refractivity contribution is 5.83. The third-order valence-electron chi connectivity index (χ3n) is 3.40. The van der Waals surface area contributed by atoms with Gasteiger partial charge in [0.2, 0.25) is 5.91 Å². The van der Waals surface area contributed by atoms with E-state index in [0.717, 1.165) is 19.4 Å². The Morgan fingerprint density at radius 1 is 1.47 bits per heavy atom. The van der Waals surface area contributed by atoms with Gasteiger partial charge in [-0.3, -0.25) is 4.79 Å². The van der Waals surface area contributed by atoms with Gasteiger partial charge in [-0.2, -0.15) is 0 Å². The van der Waals surface area contributed by atoms with Gasteiger partial charge >= 0.3 is 0 Å². The van der Waals surface area contributed by atoms with Crippen LogP contribution in [0, 0.1) is 5.92 Å². The highest BCUT2D eigenvalue weighted by Gasteiger charge is 2.28.